The summed E-state index contributed by atoms with van der Waals surface area (Å²) in [5, 5.41) is 7.88. The molecule has 0 amide bonds. The van der Waals surface area contributed by atoms with E-state index in [0.717, 1.165) is 6.07 Å². The molecule has 0 bridgehead atoms. The Morgan fingerprint density at radius 3 is 2.79 bits per heavy atom. The molecule has 1 atom stereocenters. The summed E-state index contributed by atoms with van der Waals surface area (Å²) in [7, 11) is 0. The molecule has 0 spiro atoms. The van der Waals surface area contributed by atoms with Crippen molar-refractivity contribution in [1.82, 2.24) is 0 Å². The number of carboxylic acids is 1. The first kappa shape index (κ1) is 10.7. The molecule has 3 nitrogen and oxygen atoms in total. The summed E-state index contributed by atoms with van der Waals surface area (Å²) in [6.45, 7) is 0. The molecule has 0 heterocycles. The Kier molecular flexibility index (Phi) is 3.24. The zero-order chi connectivity index (χ0) is 10.7. The van der Waals surface area contributed by atoms with Gasteiger partial charge in [0.05, 0.1) is 5.02 Å². The van der Waals surface area contributed by atoms with Gasteiger partial charge in [-0.25, -0.2) is 9.18 Å². The van der Waals surface area contributed by atoms with Crippen molar-refractivity contribution >= 4 is 17.6 Å². The lowest BCUT2D eigenvalue weighted by atomic mass is 10.3. The molecule has 0 aliphatic heterocycles. The first-order valence-corrected chi connectivity index (χ1v) is 3.87. The van der Waals surface area contributed by atoms with Crippen LogP contribution < -0.4 is 4.74 Å². The van der Waals surface area contributed by atoms with Crippen molar-refractivity contribution in [3.63, 3.8) is 0 Å². The molecule has 0 aliphatic rings. The van der Waals surface area contributed by atoms with Crippen molar-refractivity contribution in [2.45, 2.75) is 6.36 Å². The van der Waals surface area contributed by atoms with Crippen LogP contribution in [0.4, 0.5) is 8.78 Å². The van der Waals surface area contributed by atoms with Crippen LogP contribution in [0.25, 0.3) is 0 Å². The number of hydrogen-bond acceptors (Lipinski definition) is 2. The lowest BCUT2D eigenvalue weighted by Crippen LogP contribution is -2.21. The minimum atomic E-state index is -2.61. The molecule has 0 fully saturated rings. The predicted molar refractivity (Wildman–Crippen MR) is 44.6 cm³/mol. The van der Waals surface area contributed by atoms with Crippen LogP contribution >= 0.6 is 11.6 Å². The minimum Gasteiger partial charge on any atom is -0.476 e. The fraction of sp³-hybridized carbons (Fsp3) is 0.125. The topological polar surface area (TPSA) is 46.5 Å². The van der Waals surface area contributed by atoms with Crippen LogP contribution in [0.5, 0.6) is 5.75 Å². The number of carbonyl (C=O) groups is 1. The van der Waals surface area contributed by atoms with Gasteiger partial charge in [-0.1, -0.05) is 17.7 Å². The molecule has 14 heavy (non-hydrogen) atoms. The fourth-order valence-electron chi connectivity index (χ4n) is 0.737. The lowest BCUT2D eigenvalue weighted by Gasteiger charge is -2.08. The van der Waals surface area contributed by atoms with Gasteiger partial charge in [0.2, 0.25) is 0 Å². The van der Waals surface area contributed by atoms with E-state index in [0.29, 0.717) is 0 Å². The highest BCUT2D eigenvalue weighted by molar-refractivity contribution is 6.30. The van der Waals surface area contributed by atoms with Gasteiger partial charge in [0.15, 0.2) is 11.6 Å². The van der Waals surface area contributed by atoms with Crippen molar-refractivity contribution in [1.29, 1.82) is 0 Å². The van der Waals surface area contributed by atoms with Gasteiger partial charge in [0.1, 0.15) is 0 Å². The standard InChI is InChI=1S/C8H5ClF2O3/c9-4-2-1-3-5(6(4)10)14-7(11)8(12)13/h1-3,7H,(H,12,13). The molecule has 0 radical (unpaired) electrons. The summed E-state index contributed by atoms with van der Waals surface area (Å²) >= 11 is 5.35. The highest BCUT2D eigenvalue weighted by Crippen LogP contribution is 2.25. The minimum absolute atomic E-state index is 0.264. The van der Waals surface area contributed by atoms with Crippen LogP contribution in [0.15, 0.2) is 18.2 Å². The molecule has 0 aliphatic carbocycles. The van der Waals surface area contributed by atoms with Crippen LogP contribution in [0.2, 0.25) is 5.02 Å². The Morgan fingerprint density at radius 2 is 2.21 bits per heavy atom. The summed E-state index contributed by atoms with van der Waals surface area (Å²) in [4.78, 5) is 10.0. The van der Waals surface area contributed by atoms with E-state index < -0.39 is 23.9 Å². The van der Waals surface area contributed by atoms with Crippen molar-refractivity contribution in [2.24, 2.45) is 0 Å². The molecular weight excluding hydrogens is 218 g/mol. The van der Waals surface area contributed by atoms with Crippen molar-refractivity contribution in [2.75, 3.05) is 0 Å². The van der Waals surface area contributed by atoms with Gasteiger partial charge in [-0.3, -0.25) is 0 Å². The number of benzene rings is 1. The van der Waals surface area contributed by atoms with E-state index in [1.165, 1.54) is 12.1 Å². The fourth-order valence-corrected chi connectivity index (χ4v) is 0.903. The van der Waals surface area contributed by atoms with Gasteiger partial charge in [-0.2, -0.15) is 4.39 Å². The maximum atomic E-state index is 13.0. The van der Waals surface area contributed by atoms with Gasteiger partial charge in [-0.15, -0.1) is 0 Å². The molecule has 1 aromatic carbocycles. The second-order valence-corrected chi connectivity index (χ2v) is 2.73. The van der Waals surface area contributed by atoms with Crippen molar-refractivity contribution in [3.05, 3.63) is 29.0 Å². The molecule has 0 aromatic heterocycles. The van der Waals surface area contributed by atoms with Gasteiger partial charge in [-0.05, 0) is 12.1 Å². The Balaban J connectivity index is 2.87. The second kappa shape index (κ2) is 4.23. The zero-order valence-electron chi connectivity index (χ0n) is 6.71. The van der Waals surface area contributed by atoms with Gasteiger partial charge >= 0.3 is 12.3 Å². The van der Waals surface area contributed by atoms with E-state index in [2.05, 4.69) is 4.74 Å². The molecule has 6 heteroatoms. The highest BCUT2D eigenvalue weighted by atomic mass is 35.5. The number of alkyl halides is 1. The van der Waals surface area contributed by atoms with Gasteiger partial charge < -0.3 is 9.84 Å². The molecule has 1 aromatic rings. The first-order valence-electron chi connectivity index (χ1n) is 3.50. The molecular formula is C8H5ClF2O3. The number of halogens is 3. The Hall–Kier alpha value is -1.36. The van der Waals surface area contributed by atoms with Crippen molar-refractivity contribution < 1.29 is 23.4 Å². The highest BCUT2D eigenvalue weighted by Gasteiger charge is 2.19. The quantitative estimate of drug-likeness (QED) is 0.853. The zero-order valence-corrected chi connectivity index (χ0v) is 7.46. The maximum absolute atomic E-state index is 13.0. The SMILES string of the molecule is O=C(O)C(F)Oc1cccc(Cl)c1F. The van der Waals surface area contributed by atoms with Crippen LogP contribution in [0.1, 0.15) is 0 Å². The van der Waals surface area contributed by atoms with E-state index in [1.807, 2.05) is 0 Å². The van der Waals surface area contributed by atoms with E-state index in [1.54, 1.807) is 0 Å². The van der Waals surface area contributed by atoms with Gasteiger partial charge in [0.25, 0.3) is 0 Å². The molecule has 1 rings (SSSR count). The third-order valence-corrected chi connectivity index (χ3v) is 1.63. The molecule has 0 saturated heterocycles. The average molecular weight is 223 g/mol. The Morgan fingerprint density at radius 1 is 1.57 bits per heavy atom. The monoisotopic (exact) mass is 222 g/mol. The van der Waals surface area contributed by atoms with Crippen LogP contribution in [-0.2, 0) is 4.79 Å². The molecule has 1 N–H and O–H groups in total. The van der Waals surface area contributed by atoms with Crippen LogP contribution in [0.3, 0.4) is 0 Å². The third-order valence-electron chi connectivity index (χ3n) is 1.34. The summed E-state index contributed by atoms with van der Waals surface area (Å²) in [5.41, 5.74) is 0. The average Bonchev–Trinajstić information content (AvgIpc) is 2.12. The van der Waals surface area contributed by atoms with Crippen LogP contribution in [0, 0.1) is 5.82 Å². The second-order valence-electron chi connectivity index (χ2n) is 2.32. The molecule has 0 saturated carbocycles. The number of rotatable bonds is 3. The first-order chi connectivity index (χ1) is 6.52. The third kappa shape index (κ3) is 2.32. The molecule has 76 valence electrons. The normalized spacial score (nSPS) is 12.2. The van der Waals surface area contributed by atoms with E-state index in [-0.39, 0.29) is 5.02 Å². The lowest BCUT2D eigenvalue weighted by molar-refractivity contribution is -0.153. The number of hydrogen-bond donors (Lipinski definition) is 1. The predicted octanol–water partition coefficient (Wildman–Crippen LogP) is 2.24. The van der Waals surface area contributed by atoms with E-state index >= 15 is 0 Å². The number of carboxylic acid groups (broad SMARTS) is 1. The summed E-state index contributed by atoms with van der Waals surface area (Å²) in [5.74, 6) is -3.35. The van der Waals surface area contributed by atoms with E-state index in [4.69, 9.17) is 16.7 Å². The maximum Gasteiger partial charge on any atom is 0.378 e. The van der Waals surface area contributed by atoms with Crippen molar-refractivity contribution in [3.8, 4) is 5.75 Å². The van der Waals surface area contributed by atoms with E-state index in [9.17, 15) is 13.6 Å². The number of aliphatic carboxylic acids is 1. The van der Waals surface area contributed by atoms with Crippen LogP contribution in [-0.4, -0.2) is 17.4 Å². The largest absolute Gasteiger partial charge is 0.476 e. The smallest absolute Gasteiger partial charge is 0.378 e. The summed E-state index contributed by atoms with van der Waals surface area (Å²) in [6, 6.07) is 3.63. The Bertz CT molecular complexity index is 356. The molecule has 1 unspecified atom stereocenters. The number of ether oxygens (including phenoxy) is 1. The summed E-state index contributed by atoms with van der Waals surface area (Å²) < 4.78 is 29.7. The Labute approximate surface area is 82.9 Å². The summed E-state index contributed by atoms with van der Waals surface area (Å²) in [6.07, 6.45) is -2.61. The van der Waals surface area contributed by atoms with Gasteiger partial charge in [0, 0.05) is 0 Å².